The first kappa shape index (κ1) is 19.2. The number of aliphatic carboxylic acids is 1. The monoisotopic (exact) mass is 369 g/mol. The lowest BCUT2D eigenvalue weighted by atomic mass is 9.92. The van der Waals surface area contributed by atoms with Gasteiger partial charge in [0.25, 0.3) is 0 Å². The summed E-state index contributed by atoms with van der Waals surface area (Å²) in [7, 11) is -3.50. The average molecular weight is 369 g/mol. The third-order valence-electron chi connectivity index (χ3n) is 4.17. The predicted molar refractivity (Wildman–Crippen MR) is 92.2 cm³/mol. The number of carbonyl (C=O) groups excluding carboxylic acids is 1. The number of rotatable bonds is 5. The van der Waals surface area contributed by atoms with E-state index >= 15 is 0 Å². The normalized spacial score (nSPS) is 25.9. The van der Waals surface area contributed by atoms with Crippen LogP contribution in [0.2, 0.25) is 0 Å². The van der Waals surface area contributed by atoms with Gasteiger partial charge in [-0.05, 0) is 32.8 Å². The molecule has 138 valence electrons. The summed E-state index contributed by atoms with van der Waals surface area (Å²) in [5, 5.41) is 12.2. The first-order valence-corrected chi connectivity index (χ1v) is 9.85. The molecular weight excluding hydrogens is 346 g/mol. The maximum atomic E-state index is 12.2. The standard InChI is InChI=1S/C17H23NO6S/c1-15(2,3)24-14(21)18-17(13(19)20)10-16(17,11-25(4,22)23)12-8-6-5-7-9-12/h5-9H,10-11H2,1-4H3,(H,18,21)(H,19,20)/t16-,17+/m1/s1. The second-order valence-electron chi connectivity index (χ2n) is 7.53. The molecule has 1 aliphatic carbocycles. The molecule has 0 heterocycles. The highest BCUT2D eigenvalue weighted by Gasteiger charge is 2.75. The van der Waals surface area contributed by atoms with Gasteiger partial charge in [-0.15, -0.1) is 0 Å². The average Bonchev–Trinajstić information content (AvgIpc) is 3.05. The number of carboxylic acid groups (broad SMARTS) is 1. The molecule has 0 spiro atoms. The van der Waals surface area contributed by atoms with Crippen LogP contribution in [0.3, 0.4) is 0 Å². The van der Waals surface area contributed by atoms with Crippen LogP contribution < -0.4 is 5.32 Å². The Balaban J connectivity index is 2.44. The Morgan fingerprint density at radius 2 is 1.80 bits per heavy atom. The lowest BCUT2D eigenvalue weighted by Gasteiger charge is -2.26. The van der Waals surface area contributed by atoms with Gasteiger partial charge < -0.3 is 15.2 Å². The number of amides is 1. The first-order chi connectivity index (χ1) is 11.3. The number of hydrogen-bond donors (Lipinski definition) is 2. The van der Waals surface area contributed by atoms with E-state index in [1.807, 2.05) is 0 Å². The number of carboxylic acids is 1. The van der Waals surface area contributed by atoms with Crippen molar-refractivity contribution in [3.8, 4) is 0 Å². The van der Waals surface area contributed by atoms with E-state index in [0.29, 0.717) is 5.56 Å². The first-order valence-electron chi connectivity index (χ1n) is 7.79. The lowest BCUT2D eigenvalue weighted by molar-refractivity contribution is -0.141. The van der Waals surface area contributed by atoms with Gasteiger partial charge in [0.2, 0.25) is 0 Å². The van der Waals surface area contributed by atoms with E-state index in [9.17, 15) is 23.1 Å². The van der Waals surface area contributed by atoms with E-state index in [4.69, 9.17) is 4.74 Å². The van der Waals surface area contributed by atoms with Gasteiger partial charge >= 0.3 is 12.1 Å². The van der Waals surface area contributed by atoms with Crippen molar-refractivity contribution in [1.82, 2.24) is 5.32 Å². The molecule has 0 aliphatic heterocycles. The summed E-state index contributed by atoms with van der Waals surface area (Å²) in [4.78, 5) is 24.2. The van der Waals surface area contributed by atoms with Gasteiger partial charge in [-0.2, -0.15) is 0 Å². The van der Waals surface area contributed by atoms with Crippen molar-refractivity contribution in [3.05, 3.63) is 35.9 Å². The Bertz CT molecular complexity index is 783. The molecule has 0 bridgehead atoms. The summed E-state index contributed by atoms with van der Waals surface area (Å²) < 4.78 is 29.1. The fraction of sp³-hybridized carbons (Fsp3) is 0.529. The lowest BCUT2D eigenvalue weighted by Crippen LogP contribution is -2.51. The van der Waals surface area contributed by atoms with Crippen LogP contribution >= 0.6 is 0 Å². The zero-order valence-corrected chi connectivity index (χ0v) is 15.5. The summed E-state index contributed by atoms with van der Waals surface area (Å²) in [6, 6.07) is 8.51. The zero-order valence-electron chi connectivity index (χ0n) is 14.7. The summed E-state index contributed by atoms with van der Waals surface area (Å²) in [6.45, 7) is 4.98. The predicted octanol–water partition coefficient (Wildman–Crippen LogP) is 1.72. The molecule has 0 unspecified atom stereocenters. The van der Waals surface area contributed by atoms with Gasteiger partial charge in [0, 0.05) is 11.7 Å². The molecule has 8 heteroatoms. The maximum Gasteiger partial charge on any atom is 0.408 e. The van der Waals surface area contributed by atoms with E-state index in [2.05, 4.69) is 5.32 Å². The Morgan fingerprint density at radius 1 is 1.24 bits per heavy atom. The number of nitrogens with one attached hydrogen (secondary N) is 1. The molecule has 1 aromatic rings. The van der Waals surface area contributed by atoms with Crippen molar-refractivity contribution in [2.45, 2.75) is 43.7 Å². The minimum absolute atomic E-state index is 0.0222. The van der Waals surface area contributed by atoms with Crippen molar-refractivity contribution in [2.24, 2.45) is 0 Å². The van der Waals surface area contributed by atoms with Gasteiger partial charge in [-0.25, -0.2) is 18.0 Å². The minimum atomic E-state index is -3.50. The number of hydrogen-bond acceptors (Lipinski definition) is 5. The van der Waals surface area contributed by atoms with E-state index < -0.39 is 38.5 Å². The molecule has 25 heavy (non-hydrogen) atoms. The molecule has 1 fully saturated rings. The topological polar surface area (TPSA) is 110 Å². The van der Waals surface area contributed by atoms with Crippen LogP contribution in [0.25, 0.3) is 0 Å². The second-order valence-corrected chi connectivity index (χ2v) is 9.67. The fourth-order valence-electron chi connectivity index (χ4n) is 3.19. The van der Waals surface area contributed by atoms with E-state index in [1.54, 1.807) is 51.1 Å². The highest BCUT2D eigenvalue weighted by atomic mass is 32.2. The number of sulfone groups is 1. The Kier molecular flexibility index (Phi) is 4.63. The smallest absolute Gasteiger partial charge is 0.408 e. The molecule has 1 saturated carbocycles. The SMILES string of the molecule is CC(C)(C)OC(=O)N[C@]1(C(=O)O)C[C@@]1(CS(C)(=O)=O)c1ccccc1. The molecule has 2 atom stereocenters. The molecule has 0 aromatic heterocycles. The molecule has 2 N–H and O–H groups in total. The van der Waals surface area contributed by atoms with Crippen molar-refractivity contribution < 1.29 is 27.9 Å². The highest BCUT2D eigenvalue weighted by molar-refractivity contribution is 7.90. The summed E-state index contributed by atoms with van der Waals surface area (Å²) in [5.74, 6) is -1.67. The molecule has 2 rings (SSSR count). The van der Waals surface area contributed by atoms with Crippen LogP contribution in [-0.4, -0.2) is 48.7 Å². The van der Waals surface area contributed by atoms with Crippen LogP contribution in [0.1, 0.15) is 32.8 Å². The fourth-order valence-corrected chi connectivity index (χ4v) is 4.61. The number of alkyl carbamates (subject to hydrolysis) is 1. The minimum Gasteiger partial charge on any atom is -0.479 e. The number of carbonyl (C=O) groups is 2. The van der Waals surface area contributed by atoms with E-state index in [0.717, 1.165) is 6.26 Å². The Labute approximate surface area is 147 Å². The molecule has 7 nitrogen and oxygen atoms in total. The van der Waals surface area contributed by atoms with Crippen molar-refractivity contribution in [1.29, 1.82) is 0 Å². The summed E-state index contributed by atoms with van der Waals surface area (Å²) >= 11 is 0. The Hall–Kier alpha value is -2.09. The molecule has 1 aromatic carbocycles. The second kappa shape index (κ2) is 6.01. The van der Waals surface area contributed by atoms with Crippen LogP contribution in [0, 0.1) is 0 Å². The molecule has 0 saturated heterocycles. The van der Waals surface area contributed by atoms with Gasteiger partial charge in [0.05, 0.1) is 5.75 Å². The van der Waals surface area contributed by atoms with Gasteiger partial charge in [-0.1, -0.05) is 30.3 Å². The maximum absolute atomic E-state index is 12.2. The van der Waals surface area contributed by atoms with Crippen molar-refractivity contribution in [3.63, 3.8) is 0 Å². The van der Waals surface area contributed by atoms with Crippen molar-refractivity contribution in [2.75, 3.05) is 12.0 Å². The van der Waals surface area contributed by atoms with Gasteiger partial charge in [0.15, 0.2) is 5.54 Å². The summed E-state index contributed by atoms with van der Waals surface area (Å²) in [5.41, 5.74) is -3.20. The van der Waals surface area contributed by atoms with E-state index in [-0.39, 0.29) is 12.2 Å². The Morgan fingerprint density at radius 3 is 2.24 bits per heavy atom. The third-order valence-corrected chi connectivity index (χ3v) is 5.19. The van der Waals surface area contributed by atoms with Gasteiger partial charge in [0.1, 0.15) is 15.4 Å². The number of benzene rings is 1. The molecule has 1 amide bonds. The van der Waals surface area contributed by atoms with Crippen LogP contribution in [-0.2, 0) is 24.8 Å². The van der Waals surface area contributed by atoms with Crippen LogP contribution in [0.15, 0.2) is 30.3 Å². The third kappa shape index (κ3) is 3.95. The molecule has 0 radical (unpaired) electrons. The summed E-state index contributed by atoms with van der Waals surface area (Å²) in [6.07, 6.45) is 0.142. The molecular formula is C17H23NO6S. The number of ether oxygens (including phenoxy) is 1. The molecule has 1 aliphatic rings. The van der Waals surface area contributed by atoms with E-state index in [1.165, 1.54) is 0 Å². The highest BCUT2D eigenvalue weighted by Crippen LogP contribution is 2.58. The zero-order chi connectivity index (χ0) is 19.1. The van der Waals surface area contributed by atoms with Crippen molar-refractivity contribution >= 4 is 21.9 Å². The largest absolute Gasteiger partial charge is 0.479 e. The van der Waals surface area contributed by atoms with Crippen LogP contribution in [0.4, 0.5) is 4.79 Å². The van der Waals surface area contributed by atoms with Gasteiger partial charge in [-0.3, -0.25) is 0 Å². The quantitative estimate of drug-likeness (QED) is 0.818. The van der Waals surface area contributed by atoms with Crippen LogP contribution in [0.5, 0.6) is 0 Å².